The summed E-state index contributed by atoms with van der Waals surface area (Å²) in [6.45, 7) is 0.507. The highest BCUT2D eigenvalue weighted by Gasteiger charge is 2.02. The minimum atomic E-state index is -0.234. The van der Waals surface area contributed by atoms with Gasteiger partial charge in [-0.05, 0) is 5.56 Å². The first-order valence-corrected chi connectivity index (χ1v) is 5.31. The highest BCUT2D eigenvalue weighted by molar-refractivity contribution is 5.88. The van der Waals surface area contributed by atoms with Crippen molar-refractivity contribution in [2.45, 2.75) is 6.54 Å². The fourth-order valence-electron chi connectivity index (χ4n) is 1.44. The normalized spacial score (nSPS) is 9.94. The van der Waals surface area contributed by atoms with E-state index in [4.69, 9.17) is 0 Å². The molecular formula is C12H14N4O. The summed E-state index contributed by atoms with van der Waals surface area (Å²) in [5, 5.41) is 9.43. The molecule has 0 aliphatic carbocycles. The molecule has 0 aliphatic heterocycles. The Bertz CT molecular complexity index is 492. The van der Waals surface area contributed by atoms with Crippen molar-refractivity contribution in [3.8, 4) is 0 Å². The van der Waals surface area contributed by atoms with Crippen LogP contribution >= 0.6 is 0 Å². The molecule has 0 aliphatic rings. The van der Waals surface area contributed by atoms with Gasteiger partial charge < -0.3 is 10.6 Å². The summed E-state index contributed by atoms with van der Waals surface area (Å²) in [5.41, 5.74) is 1.74. The van der Waals surface area contributed by atoms with Gasteiger partial charge in [0.05, 0.1) is 11.9 Å². The second kappa shape index (κ2) is 5.16. The zero-order valence-electron chi connectivity index (χ0n) is 9.55. The molecular weight excluding hydrogens is 216 g/mol. The highest BCUT2D eigenvalue weighted by Crippen LogP contribution is 2.03. The molecule has 2 aromatic rings. The Balaban J connectivity index is 1.82. The zero-order valence-corrected chi connectivity index (χ0v) is 9.55. The average Bonchev–Trinajstić information content (AvgIpc) is 2.73. The molecule has 1 heterocycles. The zero-order chi connectivity index (χ0) is 12.1. The summed E-state index contributed by atoms with van der Waals surface area (Å²) >= 11 is 0. The SMILES string of the molecule is Cn1cc(NC(=O)NCc2ccccc2)cn1. The first-order chi connectivity index (χ1) is 8.24. The van der Waals surface area contributed by atoms with Crippen LogP contribution in [0, 0.1) is 0 Å². The van der Waals surface area contributed by atoms with E-state index in [-0.39, 0.29) is 6.03 Å². The van der Waals surface area contributed by atoms with Gasteiger partial charge >= 0.3 is 6.03 Å². The Morgan fingerprint density at radius 3 is 2.76 bits per heavy atom. The Labute approximate surface area is 99.5 Å². The number of benzene rings is 1. The largest absolute Gasteiger partial charge is 0.334 e. The average molecular weight is 230 g/mol. The van der Waals surface area contributed by atoms with E-state index in [1.54, 1.807) is 24.1 Å². The van der Waals surface area contributed by atoms with Crippen molar-refractivity contribution >= 4 is 11.7 Å². The van der Waals surface area contributed by atoms with E-state index in [2.05, 4.69) is 15.7 Å². The second-order valence-electron chi connectivity index (χ2n) is 3.70. The standard InChI is InChI=1S/C12H14N4O/c1-16-9-11(8-14-16)15-12(17)13-7-10-5-3-2-4-6-10/h2-6,8-9H,7H2,1H3,(H2,13,15,17). The number of aryl methyl sites for hydroxylation is 1. The van der Waals surface area contributed by atoms with Gasteiger partial charge in [-0.3, -0.25) is 4.68 Å². The Morgan fingerprint density at radius 2 is 2.12 bits per heavy atom. The fraction of sp³-hybridized carbons (Fsp3) is 0.167. The molecule has 0 saturated carbocycles. The number of hydrogen-bond donors (Lipinski definition) is 2. The first-order valence-electron chi connectivity index (χ1n) is 5.31. The van der Waals surface area contributed by atoms with Crippen molar-refractivity contribution < 1.29 is 4.79 Å². The first kappa shape index (κ1) is 11.2. The van der Waals surface area contributed by atoms with Crippen LogP contribution in [0.4, 0.5) is 10.5 Å². The number of amides is 2. The van der Waals surface area contributed by atoms with Crippen LogP contribution in [-0.2, 0) is 13.6 Å². The van der Waals surface area contributed by atoms with E-state index in [1.165, 1.54) is 0 Å². The van der Waals surface area contributed by atoms with Crippen LogP contribution in [0.15, 0.2) is 42.7 Å². The molecule has 2 N–H and O–H groups in total. The minimum Gasteiger partial charge on any atom is -0.334 e. The predicted molar refractivity (Wildman–Crippen MR) is 65.5 cm³/mol. The molecule has 5 nitrogen and oxygen atoms in total. The Morgan fingerprint density at radius 1 is 1.35 bits per heavy atom. The minimum absolute atomic E-state index is 0.234. The fourth-order valence-corrected chi connectivity index (χ4v) is 1.44. The van der Waals surface area contributed by atoms with Gasteiger partial charge in [0.15, 0.2) is 0 Å². The van der Waals surface area contributed by atoms with E-state index < -0.39 is 0 Å². The van der Waals surface area contributed by atoms with Gasteiger partial charge in [0.2, 0.25) is 0 Å². The molecule has 1 aromatic heterocycles. The van der Waals surface area contributed by atoms with Crippen LogP contribution in [0.5, 0.6) is 0 Å². The maximum atomic E-state index is 11.5. The smallest absolute Gasteiger partial charge is 0.319 e. The maximum absolute atomic E-state index is 11.5. The number of urea groups is 1. The summed E-state index contributed by atoms with van der Waals surface area (Å²) in [4.78, 5) is 11.5. The quantitative estimate of drug-likeness (QED) is 0.843. The number of carbonyl (C=O) groups is 1. The van der Waals surface area contributed by atoms with Crippen molar-refractivity contribution in [2.24, 2.45) is 7.05 Å². The van der Waals surface area contributed by atoms with E-state index in [9.17, 15) is 4.79 Å². The lowest BCUT2D eigenvalue weighted by Gasteiger charge is -2.05. The summed E-state index contributed by atoms with van der Waals surface area (Å²) < 4.78 is 1.63. The van der Waals surface area contributed by atoms with E-state index in [0.717, 1.165) is 5.56 Å². The van der Waals surface area contributed by atoms with Crippen LogP contribution in [0.3, 0.4) is 0 Å². The van der Waals surface area contributed by atoms with Crippen molar-refractivity contribution in [1.82, 2.24) is 15.1 Å². The Hall–Kier alpha value is -2.30. The van der Waals surface area contributed by atoms with Gasteiger partial charge in [0.1, 0.15) is 0 Å². The predicted octanol–water partition coefficient (Wildman–Crippen LogP) is 1.74. The van der Waals surface area contributed by atoms with Crippen molar-refractivity contribution in [3.05, 3.63) is 48.3 Å². The van der Waals surface area contributed by atoms with E-state index in [1.807, 2.05) is 30.3 Å². The molecule has 17 heavy (non-hydrogen) atoms. The third kappa shape index (κ3) is 3.34. The third-order valence-corrected chi connectivity index (χ3v) is 2.26. The molecule has 5 heteroatoms. The van der Waals surface area contributed by atoms with Crippen LogP contribution in [0.25, 0.3) is 0 Å². The molecule has 0 unspecified atom stereocenters. The van der Waals surface area contributed by atoms with Crippen LogP contribution in [-0.4, -0.2) is 15.8 Å². The molecule has 0 bridgehead atoms. The molecule has 88 valence electrons. The number of anilines is 1. The second-order valence-corrected chi connectivity index (χ2v) is 3.70. The van der Waals surface area contributed by atoms with Gasteiger partial charge in [-0.2, -0.15) is 5.10 Å². The summed E-state index contributed by atoms with van der Waals surface area (Å²) in [7, 11) is 1.80. The van der Waals surface area contributed by atoms with Gasteiger partial charge in [-0.1, -0.05) is 30.3 Å². The number of nitrogens with one attached hydrogen (secondary N) is 2. The van der Waals surface area contributed by atoms with Crippen molar-refractivity contribution in [1.29, 1.82) is 0 Å². The molecule has 0 fully saturated rings. The van der Waals surface area contributed by atoms with Gasteiger partial charge in [-0.25, -0.2) is 4.79 Å². The van der Waals surface area contributed by atoms with Crippen LogP contribution in [0.1, 0.15) is 5.56 Å². The number of carbonyl (C=O) groups excluding carboxylic acids is 1. The monoisotopic (exact) mass is 230 g/mol. The van der Waals surface area contributed by atoms with Crippen LogP contribution < -0.4 is 10.6 Å². The lowest BCUT2D eigenvalue weighted by atomic mass is 10.2. The molecule has 0 atom stereocenters. The van der Waals surface area contributed by atoms with Crippen molar-refractivity contribution in [2.75, 3.05) is 5.32 Å². The molecule has 0 spiro atoms. The molecule has 2 rings (SSSR count). The lowest BCUT2D eigenvalue weighted by Crippen LogP contribution is -2.27. The number of aromatic nitrogens is 2. The third-order valence-electron chi connectivity index (χ3n) is 2.26. The van der Waals surface area contributed by atoms with Crippen molar-refractivity contribution in [3.63, 3.8) is 0 Å². The van der Waals surface area contributed by atoms with Gasteiger partial charge in [0, 0.05) is 19.8 Å². The van der Waals surface area contributed by atoms with Gasteiger partial charge in [0.25, 0.3) is 0 Å². The summed E-state index contributed by atoms with van der Waals surface area (Å²) in [6.07, 6.45) is 3.34. The maximum Gasteiger partial charge on any atom is 0.319 e. The molecule has 1 aromatic carbocycles. The highest BCUT2D eigenvalue weighted by atomic mass is 16.2. The van der Waals surface area contributed by atoms with E-state index in [0.29, 0.717) is 12.2 Å². The van der Waals surface area contributed by atoms with E-state index >= 15 is 0 Å². The van der Waals surface area contributed by atoms with Crippen LogP contribution in [0.2, 0.25) is 0 Å². The number of rotatable bonds is 3. The van der Waals surface area contributed by atoms with Gasteiger partial charge in [-0.15, -0.1) is 0 Å². The molecule has 0 radical (unpaired) electrons. The number of hydrogen-bond acceptors (Lipinski definition) is 2. The molecule has 2 amide bonds. The Kier molecular flexibility index (Phi) is 3.40. The number of nitrogens with zero attached hydrogens (tertiary/aromatic N) is 2. The lowest BCUT2D eigenvalue weighted by molar-refractivity contribution is 0.251. The summed E-state index contributed by atoms with van der Waals surface area (Å²) in [6, 6.07) is 9.52. The topological polar surface area (TPSA) is 59.0 Å². The molecule has 0 saturated heterocycles. The summed E-state index contributed by atoms with van der Waals surface area (Å²) in [5.74, 6) is 0.